The second kappa shape index (κ2) is 6.07. The van der Waals surface area contributed by atoms with Crippen molar-refractivity contribution in [2.45, 2.75) is 18.9 Å². The molecule has 0 spiro atoms. The average Bonchev–Trinajstić information content (AvgIpc) is 3.09. The van der Waals surface area contributed by atoms with Gasteiger partial charge in [-0.15, -0.1) is 0 Å². The van der Waals surface area contributed by atoms with Gasteiger partial charge in [0.2, 0.25) is 0 Å². The molecule has 6 heteroatoms. The molecule has 2 aromatic carbocycles. The number of aromatic nitrogens is 2. The van der Waals surface area contributed by atoms with Gasteiger partial charge in [-0.25, -0.2) is 4.68 Å². The Hall–Kier alpha value is -2.70. The van der Waals surface area contributed by atoms with E-state index in [1.807, 2.05) is 30.3 Å². The van der Waals surface area contributed by atoms with Gasteiger partial charge < -0.3 is 9.47 Å². The highest BCUT2D eigenvalue weighted by atomic mass is 16.7. The SMILES string of the molecule is O=c1[nH]n(C[C@@H]2CO[C@@H](c3ccccc3)O2)c(=O)c2ccccc12. The molecule has 0 bridgehead atoms. The Morgan fingerprint density at radius 2 is 1.71 bits per heavy atom. The van der Waals surface area contributed by atoms with Crippen LogP contribution >= 0.6 is 0 Å². The van der Waals surface area contributed by atoms with E-state index in [-0.39, 0.29) is 23.8 Å². The van der Waals surface area contributed by atoms with E-state index in [0.717, 1.165) is 5.56 Å². The molecule has 0 saturated carbocycles. The molecule has 2 heterocycles. The van der Waals surface area contributed by atoms with Crippen LogP contribution in [0.15, 0.2) is 64.2 Å². The zero-order valence-corrected chi connectivity index (χ0v) is 12.8. The van der Waals surface area contributed by atoms with Crippen LogP contribution in [0.4, 0.5) is 0 Å². The van der Waals surface area contributed by atoms with Gasteiger partial charge in [0.05, 0.1) is 23.9 Å². The fourth-order valence-corrected chi connectivity index (χ4v) is 2.91. The van der Waals surface area contributed by atoms with E-state index in [2.05, 4.69) is 5.10 Å². The topological polar surface area (TPSA) is 73.3 Å². The van der Waals surface area contributed by atoms with Crippen LogP contribution in [0.2, 0.25) is 0 Å². The lowest BCUT2D eigenvalue weighted by molar-refractivity contribution is -0.0629. The van der Waals surface area contributed by atoms with Gasteiger partial charge in [-0.1, -0.05) is 42.5 Å². The van der Waals surface area contributed by atoms with Crippen LogP contribution < -0.4 is 11.1 Å². The van der Waals surface area contributed by atoms with E-state index < -0.39 is 6.29 Å². The first-order chi connectivity index (χ1) is 11.7. The standard InChI is InChI=1S/C18H16N2O4/c21-16-14-8-4-5-9-15(14)17(22)20(19-16)10-13-11-23-18(24-13)12-6-2-1-3-7-12/h1-9,13,18H,10-11H2,(H,19,21)/t13-,18-/m1/s1. The summed E-state index contributed by atoms with van der Waals surface area (Å²) >= 11 is 0. The van der Waals surface area contributed by atoms with Crippen LogP contribution in [0.3, 0.4) is 0 Å². The molecule has 0 radical (unpaired) electrons. The third-order valence-electron chi connectivity index (χ3n) is 4.09. The summed E-state index contributed by atoms with van der Waals surface area (Å²) in [6, 6.07) is 16.4. The molecule has 24 heavy (non-hydrogen) atoms. The van der Waals surface area contributed by atoms with E-state index in [1.54, 1.807) is 24.3 Å². The highest BCUT2D eigenvalue weighted by Gasteiger charge is 2.28. The number of hydrogen-bond acceptors (Lipinski definition) is 4. The summed E-state index contributed by atoms with van der Waals surface area (Å²) < 4.78 is 12.8. The van der Waals surface area contributed by atoms with E-state index in [0.29, 0.717) is 17.4 Å². The summed E-state index contributed by atoms with van der Waals surface area (Å²) in [6.45, 7) is 0.600. The Labute approximate surface area is 137 Å². The van der Waals surface area contributed by atoms with Gasteiger partial charge in [0.15, 0.2) is 6.29 Å². The second-order valence-corrected chi connectivity index (χ2v) is 5.74. The van der Waals surface area contributed by atoms with Crippen molar-refractivity contribution in [3.63, 3.8) is 0 Å². The van der Waals surface area contributed by atoms with Crippen LogP contribution in [-0.4, -0.2) is 22.5 Å². The van der Waals surface area contributed by atoms with E-state index >= 15 is 0 Å². The lowest BCUT2D eigenvalue weighted by atomic mass is 10.2. The Balaban J connectivity index is 1.59. The van der Waals surface area contributed by atoms with Gasteiger partial charge in [-0.2, -0.15) is 0 Å². The summed E-state index contributed by atoms with van der Waals surface area (Å²) in [5.41, 5.74) is 0.403. The highest BCUT2D eigenvalue weighted by Crippen LogP contribution is 2.26. The predicted octanol–water partition coefficient (Wildman–Crippen LogP) is 1.80. The maximum absolute atomic E-state index is 12.5. The Morgan fingerprint density at radius 1 is 1.00 bits per heavy atom. The molecular weight excluding hydrogens is 308 g/mol. The van der Waals surface area contributed by atoms with Crippen molar-refractivity contribution in [1.82, 2.24) is 9.78 Å². The minimum atomic E-state index is -0.445. The Bertz CT molecular complexity index is 977. The number of aromatic amines is 1. The summed E-state index contributed by atoms with van der Waals surface area (Å²) in [4.78, 5) is 24.6. The molecule has 1 aromatic heterocycles. The zero-order valence-electron chi connectivity index (χ0n) is 12.8. The number of hydrogen-bond donors (Lipinski definition) is 1. The maximum Gasteiger partial charge on any atom is 0.273 e. The molecule has 4 rings (SSSR count). The molecule has 1 saturated heterocycles. The van der Waals surface area contributed by atoms with Crippen molar-refractivity contribution < 1.29 is 9.47 Å². The molecule has 1 fully saturated rings. The number of ether oxygens (including phenoxy) is 2. The van der Waals surface area contributed by atoms with Crippen molar-refractivity contribution >= 4 is 10.8 Å². The molecule has 3 aromatic rings. The Morgan fingerprint density at radius 3 is 2.50 bits per heavy atom. The average molecular weight is 324 g/mol. The Kier molecular flexibility index (Phi) is 3.76. The quantitative estimate of drug-likeness (QED) is 0.797. The normalized spacial score (nSPS) is 20.5. The summed E-state index contributed by atoms with van der Waals surface area (Å²) in [5.74, 6) is 0. The molecular formula is C18H16N2O4. The van der Waals surface area contributed by atoms with Crippen LogP contribution in [0.1, 0.15) is 11.9 Å². The fourth-order valence-electron chi connectivity index (χ4n) is 2.91. The highest BCUT2D eigenvalue weighted by molar-refractivity contribution is 5.80. The van der Waals surface area contributed by atoms with Crippen molar-refractivity contribution in [1.29, 1.82) is 0 Å². The maximum atomic E-state index is 12.5. The molecule has 0 aliphatic carbocycles. The largest absolute Gasteiger partial charge is 0.346 e. The van der Waals surface area contributed by atoms with Crippen molar-refractivity contribution in [2.75, 3.05) is 6.61 Å². The lowest BCUT2D eigenvalue weighted by Crippen LogP contribution is -2.34. The number of nitrogens with one attached hydrogen (secondary N) is 1. The van der Waals surface area contributed by atoms with Crippen LogP contribution in [-0.2, 0) is 16.0 Å². The molecule has 0 unspecified atom stereocenters. The van der Waals surface area contributed by atoms with Gasteiger partial charge in [0.25, 0.3) is 11.1 Å². The van der Waals surface area contributed by atoms with Gasteiger partial charge in [-0.05, 0) is 12.1 Å². The fraction of sp³-hybridized carbons (Fsp3) is 0.222. The van der Waals surface area contributed by atoms with Crippen LogP contribution in [0.5, 0.6) is 0 Å². The van der Waals surface area contributed by atoms with Crippen molar-refractivity contribution in [3.05, 3.63) is 80.9 Å². The number of benzene rings is 2. The van der Waals surface area contributed by atoms with Gasteiger partial charge in [0.1, 0.15) is 6.10 Å². The first-order valence-electron chi connectivity index (χ1n) is 7.76. The minimum absolute atomic E-state index is 0.238. The number of nitrogens with zero attached hydrogens (tertiary/aromatic N) is 1. The van der Waals surface area contributed by atoms with E-state index in [9.17, 15) is 9.59 Å². The predicted molar refractivity (Wildman–Crippen MR) is 88.8 cm³/mol. The van der Waals surface area contributed by atoms with E-state index in [4.69, 9.17) is 9.47 Å². The first kappa shape index (κ1) is 14.9. The van der Waals surface area contributed by atoms with Crippen LogP contribution in [0, 0.1) is 0 Å². The van der Waals surface area contributed by atoms with Crippen molar-refractivity contribution in [2.24, 2.45) is 0 Å². The van der Waals surface area contributed by atoms with Gasteiger partial charge >= 0.3 is 0 Å². The molecule has 1 aliphatic rings. The minimum Gasteiger partial charge on any atom is -0.346 e. The molecule has 6 nitrogen and oxygen atoms in total. The first-order valence-corrected chi connectivity index (χ1v) is 7.76. The third-order valence-corrected chi connectivity index (χ3v) is 4.09. The smallest absolute Gasteiger partial charge is 0.273 e. The molecule has 1 aliphatic heterocycles. The summed E-state index contributed by atoms with van der Waals surface area (Å²) in [5, 5.41) is 3.41. The molecule has 2 atom stereocenters. The zero-order chi connectivity index (χ0) is 16.5. The summed E-state index contributed by atoms with van der Waals surface area (Å²) in [6.07, 6.45) is -0.746. The second-order valence-electron chi connectivity index (χ2n) is 5.74. The van der Waals surface area contributed by atoms with Crippen LogP contribution in [0.25, 0.3) is 10.8 Å². The number of fused-ring (bicyclic) bond motifs is 1. The summed E-state index contributed by atoms with van der Waals surface area (Å²) in [7, 11) is 0. The molecule has 1 N–H and O–H groups in total. The van der Waals surface area contributed by atoms with Gasteiger partial charge in [0, 0.05) is 5.56 Å². The van der Waals surface area contributed by atoms with Crippen molar-refractivity contribution in [3.8, 4) is 0 Å². The lowest BCUT2D eigenvalue weighted by Gasteiger charge is -2.13. The molecule has 0 amide bonds. The molecule has 122 valence electrons. The third kappa shape index (κ3) is 2.66. The monoisotopic (exact) mass is 324 g/mol. The number of H-pyrrole nitrogens is 1. The van der Waals surface area contributed by atoms with E-state index in [1.165, 1.54) is 4.68 Å². The van der Waals surface area contributed by atoms with Gasteiger partial charge in [-0.3, -0.25) is 14.7 Å². The number of rotatable bonds is 3.